The van der Waals surface area contributed by atoms with Crippen LogP contribution in [0.5, 0.6) is 5.75 Å². The molecule has 6 aliphatic rings. The smallest absolute Gasteiger partial charge is 0.255 e. The van der Waals surface area contributed by atoms with E-state index in [0.717, 1.165) is 24.8 Å². The third-order valence-corrected chi connectivity index (χ3v) is 15.3. The highest BCUT2D eigenvalue weighted by molar-refractivity contribution is 6.31. The second-order valence-corrected chi connectivity index (χ2v) is 19.2. The van der Waals surface area contributed by atoms with Crippen molar-refractivity contribution in [3.05, 3.63) is 122 Å². The number of halogens is 3. The van der Waals surface area contributed by atoms with Crippen molar-refractivity contribution < 1.29 is 37.9 Å². The lowest BCUT2D eigenvalue weighted by atomic mass is 9.55. The number of imide groups is 1. The SMILES string of the molecule is COc1cc(C(=O)N2CCC(C#Cc3cccc4c3CN(C3CCC(=O)NC3=O)C4=O)CC2)ccc1NC(=O)[C@@H]1NC2(CCCCC2)[C@@]2(C(=O)Nc3cc(Cl)ccc32)[C@H]1c1cccc(Cl)c1F. The fraction of sp³-hybridized carbons (Fsp3) is 0.373. The lowest BCUT2D eigenvalue weighted by Gasteiger charge is -2.47. The van der Waals surface area contributed by atoms with E-state index in [0.29, 0.717) is 77.4 Å². The molecule has 344 valence electrons. The summed E-state index contributed by atoms with van der Waals surface area (Å²) in [6.07, 6.45) is 5.39. The number of benzene rings is 4. The number of amides is 6. The Labute approximate surface area is 396 Å². The van der Waals surface area contributed by atoms with Crippen molar-refractivity contribution in [2.24, 2.45) is 5.92 Å². The van der Waals surface area contributed by atoms with Gasteiger partial charge in [-0.2, -0.15) is 0 Å². The summed E-state index contributed by atoms with van der Waals surface area (Å²) in [6.45, 7) is 1.14. The maximum Gasteiger partial charge on any atom is 0.255 e. The van der Waals surface area contributed by atoms with Crippen molar-refractivity contribution in [2.45, 2.75) is 93.3 Å². The van der Waals surface area contributed by atoms with Crippen LogP contribution in [0.25, 0.3) is 0 Å². The number of likely N-dealkylation sites (tertiary alicyclic amines) is 1. The Bertz CT molecular complexity index is 2850. The number of hydrogen-bond acceptors (Lipinski definition) is 8. The van der Waals surface area contributed by atoms with Gasteiger partial charge in [0.05, 0.1) is 23.9 Å². The van der Waals surface area contributed by atoms with Gasteiger partial charge in [-0.25, -0.2) is 4.39 Å². The molecule has 4 aromatic rings. The van der Waals surface area contributed by atoms with E-state index in [1.54, 1.807) is 65.6 Å². The van der Waals surface area contributed by atoms with Gasteiger partial charge in [0.2, 0.25) is 23.6 Å². The van der Waals surface area contributed by atoms with Crippen LogP contribution in [0.2, 0.25) is 10.0 Å². The normalized spacial score (nSPS) is 24.2. The number of fused-ring (bicyclic) bond motifs is 4. The van der Waals surface area contributed by atoms with E-state index in [9.17, 15) is 28.8 Å². The molecule has 1 unspecified atom stereocenters. The number of carbonyl (C=O) groups is 6. The minimum Gasteiger partial charge on any atom is -0.495 e. The predicted octanol–water partition coefficient (Wildman–Crippen LogP) is 7.09. The summed E-state index contributed by atoms with van der Waals surface area (Å²) in [7, 11) is 1.45. The molecule has 0 radical (unpaired) electrons. The number of anilines is 2. The highest BCUT2D eigenvalue weighted by Gasteiger charge is 2.72. The molecule has 4 fully saturated rings. The first-order valence-electron chi connectivity index (χ1n) is 22.7. The molecule has 10 rings (SSSR count). The van der Waals surface area contributed by atoms with Gasteiger partial charge in [-0.05, 0) is 97.3 Å². The fourth-order valence-electron chi connectivity index (χ4n) is 11.6. The molecule has 4 N–H and O–H groups in total. The Balaban J connectivity index is 0.858. The quantitative estimate of drug-likeness (QED) is 0.118. The van der Waals surface area contributed by atoms with E-state index in [1.807, 2.05) is 6.07 Å². The molecular weight excluding hydrogens is 898 g/mol. The van der Waals surface area contributed by atoms with Gasteiger partial charge in [0, 0.05) is 70.8 Å². The number of hydrogen-bond donors (Lipinski definition) is 4. The minimum absolute atomic E-state index is 0.00254. The van der Waals surface area contributed by atoms with Crippen molar-refractivity contribution in [1.29, 1.82) is 0 Å². The lowest BCUT2D eigenvalue weighted by molar-refractivity contribution is -0.137. The zero-order valence-electron chi connectivity index (χ0n) is 36.6. The summed E-state index contributed by atoms with van der Waals surface area (Å²) in [5.74, 6) is 3.02. The Morgan fingerprint density at radius 2 is 1.69 bits per heavy atom. The van der Waals surface area contributed by atoms with E-state index in [4.69, 9.17) is 27.9 Å². The number of rotatable bonds is 6. The second kappa shape index (κ2) is 17.4. The van der Waals surface area contributed by atoms with Gasteiger partial charge in [-0.15, -0.1) is 0 Å². The molecule has 6 amide bonds. The standard InChI is InChI=1S/C51H47Cl2FN6O7/c1-67-40-25-30(47(64)59-23-19-28(20-24-59)11-12-29-7-5-8-32-34(29)27-60(48(32)65)39-17-18-41(61)57-45(39)62)13-16-37(40)55-46(63)44-42(33-9-6-10-36(53)43(33)54)51(50(58-44)21-3-2-4-22-50)35-15-14-31(52)26-38(35)56-49(51)66/h5-10,13-16,25-26,28,39,42,44,58H,2-4,17-24,27H2,1H3,(H,55,63)(H,56,66)(H,57,61,62)/t39?,42-,44+,51+/m0/s1. The Morgan fingerprint density at radius 1 is 0.910 bits per heavy atom. The maximum absolute atomic E-state index is 16.4. The summed E-state index contributed by atoms with van der Waals surface area (Å²) >= 11 is 12.8. The van der Waals surface area contributed by atoms with Crippen LogP contribution in [0.15, 0.2) is 72.8 Å². The van der Waals surface area contributed by atoms with Crippen LogP contribution in [0, 0.1) is 23.6 Å². The van der Waals surface area contributed by atoms with Crippen LogP contribution in [0.1, 0.15) is 107 Å². The molecule has 0 bridgehead atoms. The Hall–Kier alpha value is -6.27. The molecule has 13 nitrogen and oxygen atoms in total. The maximum atomic E-state index is 16.4. The summed E-state index contributed by atoms with van der Waals surface area (Å²) in [4.78, 5) is 84.4. The molecule has 16 heteroatoms. The fourth-order valence-corrected chi connectivity index (χ4v) is 12.0. The molecule has 2 spiro atoms. The first-order chi connectivity index (χ1) is 32.3. The highest BCUT2D eigenvalue weighted by Crippen LogP contribution is 2.63. The van der Waals surface area contributed by atoms with Crippen molar-refractivity contribution in [2.75, 3.05) is 30.8 Å². The zero-order valence-corrected chi connectivity index (χ0v) is 38.1. The van der Waals surface area contributed by atoms with Crippen LogP contribution in [-0.2, 0) is 31.1 Å². The van der Waals surface area contributed by atoms with Gasteiger partial charge in [-0.3, -0.25) is 39.4 Å². The van der Waals surface area contributed by atoms with E-state index in [-0.39, 0.29) is 65.3 Å². The van der Waals surface area contributed by atoms with Crippen LogP contribution in [-0.4, -0.2) is 83.1 Å². The molecule has 3 saturated heterocycles. The third kappa shape index (κ3) is 7.43. The molecule has 67 heavy (non-hydrogen) atoms. The Morgan fingerprint density at radius 3 is 2.45 bits per heavy atom. The van der Waals surface area contributed by atoms with Crippen molar-refractivity contribution in [1.82, 2.24) is 20.4 Å². The number of piperidine rings is 2. The Kier molecular flexibility index (Phi) is 11.6. The van der Waals surface area contributed by atoms with Crippen molar-refractivity contribution >= 4 is 70.0 Å². The third-order valence-electron chi connectivity index (χ3n) is 14.8. The minimum atomic E-state index is -1.40. The average Bonchev–Trinajstić information content (AvgIpc) is 3.92. The van der Waals surface area contributed by atoms with Gasteiger partial charge >= 0.3 is 0 Å². The first-order valence-corrected chi connectivity index (χ1v) is 23.5. The number of nitrogens with zero attached hydrogens (tertiary/aromatic N) is 2. The van der Waals surface area contributed by atoms with Crippen LogP contribution < -0.4 is 26.0 Å². The van der Waals surface area contributed by atoms with Crippen molar-refractivity contribution in [3.8, 4) is 17.6 Å². The molecule has 5 aliphatic heterocycles. The summed E-state index contributed by atoms with van der Waals surface area (Å²) in [5.41, 5.74) is 1.61. The van der Waals surface area contributed by atoms with Gasteiger partial charge in [0.15, 0.2) is 0 Å². The topological polar surface area (TPSA) is 166 Å². The molecular formula is C51H47Cl2FN6O7. The van der Waals surface area contributed by atoms with E-state index in [1.165, 1.54) is 18.1 Å². The molecule has 4 aromatic carbocycles. The number of nitrogens with one attached hydrogen (secondary N) is 4. The lowest BCUT2D eigenvalue weighted by Crippen LogP contribution is -2.60. The number of ether oxygens (including phenoxy) is 1. The number of methoxy groups -OCH3 is 1. The van der Waals surface area contributed by atoms with E-state index < -0.39 is 46.6 Å². The van der Waals surface area contributed by atoms with Gasteiger partial charge in [-0.1, -0.05) is 78.6 Å². The van der Waals surface area contributed by atoms with E-state index in [2.05, 4.69) is 33.1 Å². The second-order valence-electron chi connectivity index (χ2n) is 18.3. The number of carbonyl (C=O) groups excluding carboxylic acids is 6. The van der Waals surface area contributed by atoms with Crippen LogP contribution in [0.4, 0.5) is 15.8 Å². The first kappa shape index (κ1) is 44.6. The zero-order chi connectivity index (χ0) is 46.8. The van der Waals surface area contributed by atoms with Gasteiger partial charge < -0.3 is 25.2 Å². The monoisotopic (exact) mass is 944 g/mol. The van der Waals surface area contributed by atoms with E-state index >= 15 is 4.39 Å². The molecule has 5 heterocycles. The molecule has 0 aromatic heterocycles. The van der Waals surface area contributed by atoms with Gasteiger partial charge in [0.1, 0.15) is 23.0 Å². The summed E-state index contributed by atoms with van der Waals surface area (Å²) < 4.78 is 22.2. The average molecular weight is 946 g/mol. The largest absolute Gasteiger partial charge is 0.495 e. The molecule has 1 aliphatic carbocycles. The predicted molar refractivity (Wildman–Crippen MR) is 248 cm³/mol. The molecule has 1 saturated carbocycles. The van der Waals surface area contributed by atoms with Crippen molar-refractivity contribution in [3.63, 3.8) is 0 Å². The highest BCUT2D eigenvalue weighted by atomic mass is 35.5. The van der Waals surface area contributed by atoms with Crippen LogP contribution in [0.3, 0.4) is 0 Å². The van der Waals surface area contributed by atoms with Crippen LogP contribution >= 0.6 is 23.2 Å². The van der Waals surface area contributed by atoms with Gasteiger partial charge in [0.25, 0.3) is 11.8 Å². The molecule has 4 atom stereocenters. The summed E-state index contributed by atoms with van der Waals surface area (Å²) in [5, 5.41) is 12.3. The summed E-state index contributed by atoms with van der Waals surface area (Å²) in [6, 6.07) is 18.2.